The molecular formula is C19H21BrN2O2S. The topological polar surface area (TPSA) is 50.4 Å². The van der Waals surface area contributed by atoms with Gasteiger partial charge in [0.2, 0.25) is 0 Å². The number of amides is 1. The van der Waals surface area contributed by atoms with E-state index in [0.29, 0.717) is 29.6 Å². The van der Waals surface area contributed by atoms with Crippen LogP contribution in [-0.2, 0) is 6.42 Å². The maximum Gasteiger partial charge on any atom is 0.261 e. The quantitative estimate of drug-likeness (QED) is 0.662. The maximum absolute atomic E-state index is 12.5. The van der Waals surface area contributed by atoms with Crippen LogP contribution >= 0.6 is 28.1 Å². The lowest BCUT2D eigenvalue weighted by molar-refractivity contribution is 0.0972. The molecule has 0 aromatic heterocycles. The van der Waals surface area contributed by atoms with Gasteiger partial charge in [0.05, 0.1) is 12.2 Å². The second-order valence-electron chi connectivity index (χ2n) is 5.43. The lowest BCUT2D eigenvalue weighted by Gasteiger charge is -2.13. The van der Waals surface area contributed by atoms with Crippen molar-refractivity contribution < 1.29 is 9.53 Å². The van der Waals surface area contributed by atoms with Gasteiger partial charge < -0.3 is 10.1 Å². The van der Waals surface area contributed by atoms with Crippen LogP contribution in [0.5, 0.6) is 5.75 Å². The van der Waals surface area contributed by atoms with Gasteiger partial charge in [-0.2, -0.15) is 0 Å². The minimum absolute atomic E-state index is 0.287. The monoisotopic (exact) mass is 420 g/mol. The highest BCUT2D eigenvalue weighted by Gasteiger charge is 2.14. The van der Waals surface area contributed by atoms with E-state index in [0.717, 1.165) is 17.3 Å². The molecule has 2 rings (SSSR count). The Morgan fingerprint density at radius 3 is 2.68 bits per heavy atom. The Bertz CT molecular complexity index is 723. The molecule has 0 aliphatic heterocycles. The normalized spacial score (nSPS) is 10.2. The molecule has 2 aromatic rings. The SMILES string of the molecule is CCCOc1ccc(Br)cc1C(=O)NC(=S)NCCc1ccccc1. The van der Waals surface area contributed by atoms with Gasteiger partial charge in [0.1, 0.15) is 5.75 Å². The molecule has 0 saturated carbocycles. The van der Waals surface area contributed by atoms with Gasteiger partial charge in [0, 0.05) is 11.0 Å². The molecule has 0 unspecified atom stereocenters. The third kappa shape index (κ3) is 6.48. The van der Waals surface area contributed by atoms with Gasteiger partial charge in [-0.25, -0.2) is 0 Å². The smallest absolute Gasteiger partial charge is 0.261 e. The summed E-state index contributed by atoms with van der Waals surface area (Å²) in [4.78, 5) is 12.5. The second kappa shape index (κ2) is 10.2. The molecule has 0 spiro atoms. The number of carbonyl (C=O) groups excluding carboxylic acids is 1. The third-order valence-electron chi connectivity index (χ3n) is 3.42. The number of halogens is 1. The highest BCUT2D eigenvalue weighted by Crippen LogP contribution is 2.23. The Labute approximate surface area is 162 Å². The summed E-state index contributed by atoms with van der Waals surface area (Å²) in [5.74, 6) is 0.263. The molecule has 2 N–H and O–H groups in total. The lowest BCUT2D eigenvalue weighted by atomic mass is 10.1. The molecule has 132 valence electrons. The van der Waals surface area contributed by atoms with E-state index in [2.05, 4.69) is 38.7 Å². The summed E-state index contributed by atoms with van der Waals surface area (Å²) in [7, 11) is 0. The Balaban J connectivity index is 1.90. The molecule has 0 bridgehead atoms. The molecule has 0 heterocycles. The van der Waals surface area contributed by atoms with E-state index in [9.17, 15) is 4.79 Å². The van der Waals surface area contributed by atoms with Gasteiger partial charge >= 0.3 is 0 Å². The molecule has 4 nitrogen and oxygen atoms in total. The standard InChI is InChI=1S/C19H21BrN2O2S/c1-2-12-24-17-9-8-15(20)13-16(17)18(23)22-19(25)21-11-10-14-6-4-3-5-7-14/h3-9,13H,2,10-12H2,1H3,(H2,21,22,23,25). The van der Waals surface area contributed by atoms with Crippen LogP contribution in [0.15, 0.2) is 53.0 Å². The van der Waals surface area contributed by atoms with Crippen molar-refractivity contribution in [2.75, 3.05) is 13.2 Å². The summed E-state index contributed by atoms with van der Waals surface area (Å²) >= 11 is 8.60. The van der Waals surface area contributed by atoms with Gasteiger partial charge in [-0.3, -0.25) is 10.1 Å². The predicted molar refractivity (Wildman–Crippen MR) is 108 cm³/mol. The fourth-order valence-corrected chi connectivity index (χ4v) is 2.75. The number of ether oxygens (including phenoxy) is 1. The summed E-state index contributed by atoms with van der Waals surface area (Å²) in [6, 6.07) is 15.5. The van der Waals surface area contributed by atoms with Crippen molar-refractivity contribution in [3.05, 3.63) is 64.1 Å². The fourth-order valence-electron chi connectivity index (χ4n) is 2.20. The summed E-state index contributed by atoms with van der Waals surface area (Å²) in [5.41, 5.74) is 1.67. The zero-order chi connectivity index (χ0) is 18.1. The molecule has 0 atom stereocenters. The van der Waals surface area contributed by atoms with Crippen LogP contribution < -0.4 is 15.4 Å². The first-order valence-electron chi connectivity index (χ1n) is 8.15. The van der Waals surface area contributed by atoms with Crippen LogP contribution in [0.3, 0.4) is 0 Å². The van der Waals surface area contributed by atoms with Crippen molar-refractivity contribution in [3.63, 3.8) is 0 Å². The maximum atomic E-state index is 12.5. The van der Waals surface area contributed by atoms with Crippen molar-refractivity contribution in [3.8, 4) is 5.75 Å². The highest BCUT2D eigenvalue weighted by molar-refractivity contribution is 9.10. The average Bonchev–Trinajstić information content (AvgIpc) is 2.61. The van der Waals surface area contributed by atoms with E-state index in [1.807, 2.05) is 31.2 Å². The van der Waals surface area contributed by atoms with Crippen molar-refractivity contribution in [1.29, 1.82) is 0 Å². The van der Waals surface area contributed by atoms with Gasteiger partial charge in [-0.1, -0.05) is 53.2 Å². The van der Waals surface area contributed by atoms with E-state index in [4.69, 9.17) is 17.0 Å². The molecule has 0 fully saturated rings. The minimum atomic E-state index is -0.287. The van der Waals surface area contributed by atoms with Crippen molar-refractivity contribution >= 4 is 39.2 Å². The number of thiocarbonyl (C=S) groups is 1. The van der Waals surface area contributed by atoms with Crippen LogP contribution in [0.2, 0.25) is 0 Å². The number of hydrogen-bond acceptors (Lipinski definition) is 3. The van der Waals surface area contributed by atoms with E-state index in [1.165, 1.54) is 5.56 Å². The molecule has 0 aliphatic rings. The minimum Gasteiger partial charge on any atom is -0.493 e. The van der Waals surface area contributed by atoms with Gasteiger partial charge in [-0.15, -0.1) is 0 Å². The summed E-state index contributed by atoms with van der Waals surface area (Å²) in [6.45, 7) is 3.23. The summed E-state index contributed by atoms with van der Waals surface area (Å²) in [6.07, 6.45) is 1.70. The molecular weight excluding hydrogens is 400 g/mol. The fraction of sp³-hybridized carbons (Fsp3) is 0.263. The summed E-state index contributed by atoms with van der Waals surface area (Å²) in [5, 5.41) is 6.07. The van der Waals surface area contributed by atoms with Crippen molar-refractivity contribution in [2.45, 2.75) is 19.8 Å². The van der Waals surface area contributed by atoms with E-state index < -0.39 is 0 Å². The number of nitrogens with one attached hydrogen (secondary N) is 2. The van der Waals surface area contributed by atoms with E-state index in [1.54, 1.807) is 12.1 Å². The number of benzene rings is 2. The lowest BCUT2D eigenvalue weighted by Crippen LogP contribution is -2.40. The van der Waals surface area contributed by atoms with Crippen LogP contribution in [0, 0.1) is 0 Å². The van der Waals surface area contributed by atoms with Crippen LogP contribution in [0.25, 0.3) is 0 Å². The molecule has 2 aromatic carbocycles. The zero-order valence-corrected chi connectivity index (χ0v) is 16.5. The molecule has 0 radical (unpaired) electrons. The Kier molecular flexibility index (Phi) is 7.88. The first-order valence-corrected chi connectivity index (χ1v) is 9.35. The number of carbonyl (C=O) groups is 1. The summed E-state index contributed by atoms with van der Waals surface area (Å²) < 4.78 is 6.45. The number of rotatable bonds is 7. The van der Waals surface area contributed by atoms with Crippen LogP contribution in [0.1, 0.15) is 29.3 Å². The average molecular weight is 421 g/mol. The first kappa shape index (κ1) is 19.4. The Hall–Kier alpha value is -1.92. The molecule has 0 aliphatic carbocycles. The number of hydrogen-bond donors (Lipinski definition) is 2. The van der Waals surface area contributed by atoms with Gasteiger partial charge in [0.25, 0.3) is 5.91 Å². The van der Waals surface area contributed by atoms with Crippen molar-refractivity contribution in [2.24, 2.45) is 0 Å². The third-order valence-corrected chi connectivity index (χ3v) is 4.16. The molecule has 1 amide bonds. The Morgan fingerprint density at radius 1 is 1.20 bits per heavy atom. The highest BCUT2D eigenvalue weighted by atomic mass is 79.9. The van der Waals surface area contributed by atoms with Crippen LogP contribution in [0.4, 0.5) is 0 Å². The van der Waals surface area contributed by atoms with Crippen molar-refractivity contribution in [1.82, 2.24) is 10.6 Å². The predicted octanol–water partition coefficient (Wildman–Crippen LogP) is 4.08. The van der Waals surface area contributed by atoms with Gasteiger partial charge in [0.15, 0.2) is 5.11 Å². The zero-order valence-electron chi connectivity index (χ0n) is 14.0. The van der Waals surface area contributed by atoms with Gasteiger partial charge in [-0.05, 0) is 48.8 Å². The molecule has 25 heavy (non-hydrogen) atoms. The molecule has 0 saturated heterocycles. The first-order chi connectivity index (χ1) is 12.1. The largest absolute Gasteiger partial charge is 0.493 e. The van der Waals surface area contributed by atoms with E-state index >= 15 is 0 Å². The second-order valence-corrected chi connectivity index (χ2v) is 6.76. The van der Waals surface area contributed by atoms with E-state index in [-0.39, 0.29) is 5.91 Å². The molecule has 6 heteroatoms. The Morgan fingerprint density at radius 2 is 1.96 bits per heavy atom. The van der Waals surface area contributed by atoms with Crippen LogP contribution in [-0.4, -0.2) is 24.2 Å².